The number of hydrogen-bond acceptors (Lipinski definition) is 4. The first-order valence-electron chi connectivity index (χ1n) is 7.39. The molecule has 140 valence electrons. The van der Waals surface area contributed by atoms with E-state index in [0.29, 0.717) is 24.1 Å². The van der Waals surface area contributed by atoms with E-state index in [1.807, 2.05) is 20.2 Å². The van der Waals surface area contributed by atoms with Crippen LogP contribution >= 0.6 is 35.3 Å². The number of alkyl halides is 3. The second-order valence-corrected chi connectivity index (χ2v) is 5.96. The van der Waals surface area contributed by atoms with Gasteiger partial charge in [0.05, 0.1) is 12.7 Å². The Morgan fingerprint density at radius 1 is 1.36 bits per heavy atom. The Morgan fingerprint density at radius 3 is 2.68 bits per heavy atom. The molecular weight excluding hydrogens is 468 g/mol. The van der Waals surface area contributed by atoms with Crippen LogP contribution in [0.3, 0.4) is 0 Å². The molecular formula is C14H20F3IN6S. The highest BCUT2D eigenvalue weighted by Crippen LogP contribution is 2.30. The van der Waals surface area contributed by atoms with E-state index in [2.05, 4.69) is 25.7 Å². The molecule has 2 heterocycles. The molecule has 0 amide bonds. The zero-order valence-corrected chi connectivity index (χ0v) is 16.9. The second kappa shape index (κ2) is 9.94. The Morgan fingerprint density at radius 2 is 2.12 bits per heavy atom. The smallest absolute Gasteiger partial charge is 0.357 e. The Hall–Kier alpha value is -1.37. The molecule has 0 radical (unpaired) electrons. The van der Waals surface area contributed by atoms with Crippen LogP contribution in [0.4, 0.5) is 13.2 Å². The molecule has 11 heteroatoms. The predicted octanol–water partition coefficient (Wildman–Crippen LogP) is 2.81. The van der Waals surface area contributed by atoms with E-state index in [9.17, 15) is 13.2 Å². The average Bonchev–Trinajstić information content (AvgIpc) is 3.13. The Bertz CT molecular complexity index is 682. The van der Waals surface area contributed by atoms with Gasteiger partial charge in [-0.2, -0.15) is 18.3 Å². The summed E-state index contributed by atoms with van der Waals surface area (Å²) in [6, 6.07) is 0. The number of aliphatic imine (C=N–C) groups is 1. The number of halogens is 4. The number of hydrogen-bond donors (Lipinski definition) is 2. The van der Waals surface area contributed by atoms with E-state index in [1.165, 1.54) is 0 Å². The Kier molecular flexibility index (Phi) is 8.62. The van der Waals surface area contributed by atoms with Gasteiger partial charge in [0.2, 0.25) is 0 Å². The summed E-state index contributed by atoms with van der Waals surface area (Å²) in [7, 11) is 1.85. The summed E-state index contributed by atoms with van der Waals surface area (Å²) in [5, 5.41) is 11.6. The van der Waals surface area contributed by atoms with Crippen LogP contribution in [0.2, 0.25) is 0 Å². The van der Waals surface area contributed by atoms with E-state index < -0.39 is 11.9 Å². The zero-order valence-electron chi connectivity index (χ0n) is 13.8. The minimum atomic E-state index is -4.41. The van der Waals surface area contributed by atoms with Crippen LogP contribution in [-0.2, 0) is 26.2 Å². The van der Waals surface area contributed by atoms with Gasteiger partial charge in [0.25, 0.3) is 0 Å². The third kappa shape index (κ3) is 7.18. The molecule has 0 aliphatic carbocycles. The van der Waals surface area contributed by atoms with Gasteiger partial charge in [-0.1, -0.05) is 0 Å². The second-order valence-electron chi connectivity index (χ2n) is 5.02. The van der Waals surface area contributed by atoms with Gasteiger partial charge in [-0.15, -0.1) is 35.3 Å². The molecule has 0 fully saturated rings. The molecule has 0 saturated carbocycles. The highest BCUT2D eigenvalue weighted by Gasteiger charge is 2.33. The van der Waals surface area contributed by atoms with E-state index in [-0.39, 0.29) is 30.5 Å². The van der Waals surface area contributed by atoms with Crippen LogP contribution in [0.25, 0.3) is 0 Å². The topological polar surface area (TPSA) is 67.1 Å². The molecule has 0 unspecified atom stereocenters. The van der Waals surface area contributed by atoms with Crippen molar-refractivity contribution in [3.63, 3.8) is 0 Å². The molecule has 2 aromatic rings. The lowest BCUT2D eigenvalue weighted by Crippen LogP contribution is -2.38. The zero-order chi connectivity index (χ0) is 17.6. The molecule has 25 heavy (non-hydrogen) atoms. The van der Waals surface area contributed by atoms with Gasteiger partial charge >= 0.3 is 6.18 Å². The normalized spacial score (nSPS) is 12.0. The SMILES string of the molecule is CCNC(=NCc1nc(C(F)(F)F)cs1)NCCc1cnn(C)c1.I. The predicted molar refractivity (Wildman–Crippen MR) is 102 cm³/mol. The number of thiazole rings is 1. The van der Waals surface area contributed by atoms with Gasteiger partial charge in [-0.05, 0) is 18.9 Å². The van der Waals surface area contributed by atoms with Crippen molar-refractivity contribution in [1.82, 2.24) is 25.4 Å². The van der Waals surface area contributed by atoms with Crippen molar-refractivity contribution in [1.29, 1.82) is 0 Å². The largest absolute Gasteiger partial charge is 0.434 e. The molecule has 6 nitrogen and oxygen atoms in total. The van der Waals surface area contributed by atoms with Crippen molar-refractivity contribution in [3.8, 4) is 0 Å². The van der Waals surface area contributed by atoms with Crippen LogP contribution in [0.15, 0.2) is 22.8 Å². The summed E-state index contributed by atoms with van der Waals surface area (Å²) in [6.45, 7) is 3.32. The molecule has 2 rings (SSSR count). The van der Waals surface area contributed by atoms with Gasteiger partial charge in [0.15, 0.2) is 11.7 Å². The summed E-state index contributed by atoms with van der Waals surface area (Å²) in [5.41, 5.74) is 0.225. The monoisotopic (exact) mass is 488 g/mol. The van der Waals surface area contributed by atoms with Gasteiger partial charge in [-0.25, -0.2) is 9.98 Å². The fourth-order valence-electron chi connectivity index (χ4n) is 1.93. The van der Waals surface area contributed by atoms with E-state index in [1.54, 1.807) is 10.9 Å². The van der Waals surface area contributed by atoms with Crippen LogP contribution in [0, 0.1) is 0 Å². The molecule has 0 saturated heterocycles. The fraction of sp³-hybridized carbons (Fsp3) is 0.500. The quantitative estimate of drug-likeness (QED) is 0.373. The molecule has 0 aliphatic rings. The summed E-state index contributed by atoms with van der Waals surface area (Å²) >= 11 is 0.955. The number of aryl methyl sites for hydroxylation is 1. The van der Waals surface area contributed by atoms with Crippen molar-refractivity contribution in [2.45, 2.75) is 26.1 Å². The van der Waals surface area contributed by atoms with Gasteiger partial charge in [0, 0.05) is 31.7 Å². The van der Waals surface area contributed by atoms with Crippen LogP contribution in [-0.4, -0.2) is 33.8 Å². The molecule has 0 spiro atoms. The van der Waals surface area contributed by atoms with Gasteiger partial charge in [0.1, 0.15) is 5.01 Å². The third-order valence-electron chi connectivity index (χ3n) is 3.02. The molecule has 0 aliphatic heterocycles. The first-order valence-corrected chi connectivity index (χ1v) is 8.27. The highest BCUT2D eigenvalue weighted by molar-refractivity contribution is 14.0. The minimum absolute atomic E-state index is 0. The number of rotatable bonds is 6. The Labute approximate surface area is 165 Å². The lowest BCUT2D eigenvalue weighted by Gasteiger charge is -2.10. The van der Waals surface area contributed by atoms with Crippen molar-refractivity contribution >= 4 is 41.3 Å². The number of aromatic nitrogens is 3. The van der Waals surface area contributed by atoms with Crippen molar-refractivity contribution in [3.05, 3.63) is 34.0 Å². The van der Waals surface area contributed by atoms with Gasteiger partial charge < -0.3 is 10.6 Å². The van der Waals surface area contributed by atoms with Crippen LogP contribution in [0.5, 0.6) is 0 Å². The van der Waals surface area contributed by atoms with Crippen LogP contribution < -0.4 is 10.6 Å². The third-order valence-corrected chi connectivity index (χ3v) is 3.86. The molecule has 2 aromatic heterocycles. The molecule has 0 aromatic carbocycles. The molecule has 0 atom stereocenters. The van der Waals surface area contributed by atoms with E-state index in [4.69, 9.17) is 0 Å². The summed E-state index contributed by atoms with van der Waals surface area (Å²) < 4.78 is 39.3. The van der Waals surface area contributed by atoms with E-state index in [0.717, 1.165) is 28.7 Å². The summed E-state index contributed by atoms with van der Waals surface area (Å²) in [6.07, 6.45) is 0.0820. The molecule has 2 N–H and O–H groups in total. The van der Waals surface area contributed by atoms with Crippen molar-refractivity contribution < 1.29 is 13.2 Å². The standard InChI is InChI=1S/C14H19F3N6S.HI/c1-3-18-13(19-5-4-10-6-21-23(2)8-10)20-7-12-22-11(9-24-12)14(15,16)17;/h6,8-9H,3-5,7H2,1-2H3,(H2,18,19,20);1H. The first kappa shape index (κ1) is 21.7. The maximum absolute atomic E-state index is 12.5. The first-order chi connectivity index (χ1) is 11.4. The van der Waals surface area contributed by atoms with Crippen LogP contribution in [0.1, 0.15) is 23.2 Å². The van der Waals surface area contributed by atoms with Crippen molar-refractivity contribution in [2.24, 2.45) is 12.0 Å². The minimum Gasteiger partial charge on any atom is -0.357 e. The van der Waals surface area contributed by atoms with Gasteiger partial charge in [-0.3, -0.25) is 4.68 Å². The maximum Gasteiger partial charge on any atom is 0.434 e. The number of nitrogens with one attached hydrogen (secondary N) is 2. The molecule has 0 bridgehead atoms. The van der Waals surface area contributed by atoms with Crippen molar-refractivity contribution in [2.75, 3.05) is 13.1 Å². The van der Waals surface area contributed by atoms with E-state index >= 15 is 0 Å². The fourth-order valence-corrected chi connectivity index (χ4v) is 2.65. The number of guanidine groups is 1. The lowest BCUT2D eigenvalue weighted by molar-refractivity contribution is -0.140. The highest BCUT2D eigenvalue weighted by atomic mass is 127. The maximum atomic E-state index is 12.5. The Balaban J connectivity index is 0.00000312. The summed E-state index contributed by atoms with van der Waals surface area (Å²) in [4.78, 5) is 7.83. The average molecular weight is 488 g/mol. The number of nitrogens with zero attached hydrogens (tertiary/aromatic N) is 4. The summed E-state index contributed by atoms with van der Waals surface area (Å²) in [5.74, 6) is 0.546. The lowest BCUT2D eigenvalue weighted by atomic mass is 10.2.